The second kappa shape index (κ2) is 7.79. The van der Waals surface area contributed by atoms with Crippen LogP contribution >= 0.6 is 0 Å². The monoisotopic (exact) mass is 342 g/mol. The summed E-state index contributed by atoms with van der Waals surface area (Å²) in [6.45, 7) is -0.169. The quantitative estimate of drug-likeness (QED) is 0.876. The van der Waals surface area contributed by atoms with Gasteiger partial charge in [0.2, 0.25) is 5.91 Å². The first-order valence-corrected chi connectivity index (χ1v) is 8.14. The molecule has 6 heteroatoms. The lowest BCUT2D eigenvalue weighted by Crippen LogP contribution is -2.51. The van der Waals surface area contributed by atoms with E-state index in [2.05, 4.69) is 10.6 Å². The molecule has 2 N–H and O–H groups in total. The van der Waals surface area contributed by atoms with Crippen LogP contribution in [0.15, 0.2) is 54.6 Å². The van der Waals surface area contributed by atoms with Crippen molar-refractivity contribution in [3.8, 4) is 5.75 Å². The maximum Gasteiger partial charge on any atom is 0.258 e. The first kappa shape index (κ1) is 17.0. The van der Waals surface area contributed by atoms with Crippen LogP contribution in [0.5, 0.6) is 5.75 Å². The van der Waals surface area contributed by atoms with Crippen molar-refractivity contribution in [2.45, 2.75) is 24.9 Å². The zero-order valence-corrected chi connectivity index (χ0v) is 13.6. The zero-order valence-electron chi connectivity index (χ0n) is 13.6. The molecule has 0 unspecified atom stereocenters. The minimum absolute atomic E-state index is 0.0260. The highest BCUT2D eigenvalue weighted by atomic mass is 19.1. The molecular weight excluding hydrogens is 323 g/mol. The van der Waals surface area contributed by atoms with Gasteiger partial charge in [-0.05, 0) is 36.2 Å². The molecule has 5 nitrogen and oxygen atoms in total. The van der Waals surface area contributed by atoms with E-state index < -0.39 is 0 Å². The van der Waals surface area contributed by atoms with Crippen molar-refractivity contribution in [2.24, 2.45) is 0 Å². The van der Waals surface area contributed by atoms with Crippen LogP contribution in [0.3, 0.4) is 0 Å². The maximum atomic E-state index is 12.9. The van der Waals surface area contributed by atoms with E-state index in [1.165, 1.54) is 24.3 Å². The molecule has 1 aliphatic heterocycles. The molecule has 1 fully saturated rings. The Kier molecular flexibility index (Phi) is 5.28. The summed E-state index contributed by atoms with van der Waals surface area (Å²) in [6.07, 6.45) is 0.931. The Hall–Kier alpha value is -2.89. The number of piperidine rings is 1. The molecule has 0 saturated carbocycles. The molecule has 130 valence electrons. The molecule has 0 aromatic heterocycles. The molecule has 2 aromatic rings. The van der Waals surface area contributed by atoms with Gasteiger partial charge in [0, 0.05) is 6.42 Å². The molecule has 2 atom stereocenters. The van der Waals surface area contributed by atoms with E-state index in [1.54, 1.807) is 0 Å². The number of carbonyl (C=O) groups excluding carboxylic acids is 2. The second-order valence-corrected chi connectivity index (χ2v) is 5.91. The van der Waals surface area contributed by atoms with Gasteiger partial charge in [0.05, 0.1) is 12.1 Å². The Morgan fingerprint density at radius 1 is 1.16 bits per heavy atom. The van der Waals surface area contributed by atoms with Crippen LogP contribution in [0, 0.1) is 5.82 Å². The van der Waals surface area contributed by atoms with Crippen molar-refractivity contribution in [3.63, 3.8) is 0 Å². The van der Waals surface area contributed by atoms with Crippen molar-refractivity contribution in [3.05, 3.63) is 66.0 Å². The molecule has 2 aromatic carbocycles. The molecule has 0 aliphatic carbocycles. The van der Waals surface area contributed by atoms with Gasteiger partial charge in [-0.25, -0.2) is 4.39 Å². The third kappa shape index (κ3) is 4.56. The summed E-state index contributed by atoms with van der Waals surface area (Å²) in [7, 11) is 0. The van der Waals surface area contributed by atoms with E-state index in [-0.39, 0.29) is 36.3 Å². The maximum absolute atomic E-state index is 12.9. The average Bonchev–Trinajstić information content (AvgIpc) is 2.63. The van der Waals surface area contributed by atoms with Gasteiger partial charge in [-0.1, -0.05) is 30.3 Å². The third-order valence-electron chi connectivity index (χ3n) is 4.09. The Labute approximate surface area is 145 Å². The lowest BCUT2D eigenvalue weighted by Gasteiger charge is -2.33. The summed E-state index contributed by atoms with van der Waals surface area (Å²) in [6, 6.07) is 14.5. The zero-order chi connectivity index (χ0) is 17.6. The predicted molar refractivity (Wildman–Crippen MR) is 90.4 cm³/mol. The van der Waals surface area contributed by atoms with Crippen molar-refractivity contribution >= 4 is 11.8 Å². The van der Waals surface area contributed by atoms with E-state index in [4.69, 9.17) is 4.74 Å². The van der Waals surface area contributed by atoms with E-state index in [9.17, 15) is 14.0 Å². The molecule has 1 saturated heterocycles. The van der Waals surface area contributed by atoms with Gasteiger partial charge < -0.3 is 15.4 Å². The SMILES string of the molecule is O=C(COc1ccc(F)cc1)N[C@@H]1CCC(=O)N[C@H]1c1ccccc1. The molecule has 3 rings (SSSR count). The number of hydrogen-bond acceptors (Lipinski definition) is 3. The summed E-state index contributed by atoms with van der Waals surface area (Å²) in [4.78, 5) is 23.9. The molecule has 1 aliphatic rings. The van der Waals surface area contributed by atoms with Crippen LogP contribution in [0.25, 0.3) is 0 Å². The number of halogens is 1. The van der Waals surface area contributed by atoms with Gasteiger partial charge in [-0.3, -0.25) is 9.59 Å². The number of rotatable bonds is 5. The highest BCUT2D eigenvalue weighted by Gasteiger charge is 2.30. The lowest BCUT2D eigenvalue weighted by atomic mass is 9.92. The number of amides is 2. The average molecular weight is 342 g/mol. The van der Waals surface area contributed by atoms with E-state index in [0.29, 0.717) is 18.6 Å². The number of carbonyl (C=O) groups is 2. The fourth-order valence-electron chi connectivity index (χ4n) is 2.86. The van der Waals surface area contributed by atoms with Gasteiger partial charge in [0.15, 0.2) is 6.61 Å². The highest BCUT2D eigenvalue weighted by Crippen LogP contribution is 2.24. The lowest BCUT2D eigenvalue weighted by molar-refractivity contribution is -0.128. The third-order valence-corrected chi connectivity index (χ3v) is 4.09. The molecule has 25 heavy (non-hydrogen) atoms. The van der Waals surface area contributed by atoms with Crippen LogP contribution in [-0.4, -0.2) is 24.5 Å². The van der Waals surface area contributed by atoms with Crippen LogP contribution in [0.1, 0.15) is 24.4 Å². The Morgan fingerprint density at radius 2 is 1.88 bits per heavy atom. The van der Waals surface area contributed by atoms with Gasteiger partial charge in [0.25, 0.3) is 5.91 Å². The predicted octanol–water partition coefficient (Wildman–Crippen LogP) is 2.34. The molecule has 0 spiro atoms. The topological polar surface area (TPSA) is 67.4 Å². The summed E-state index contributed by atoms with van der Waals surface area (Å²) in [5.41, 5.74) is 0.945. The summed E-state index contributed by atoms with van der Waals surface area (Å²) in [5.74, 6) is -0.248. The van der Waals surface area contributed by atoms with Gasteiger partial charge in [0.1, 0.15) is 11.6 Å². The summed E-state index contributed by atoms with van der Waals surface area (Å²) in [5, 5.41) is 5.85. The number of ether oxygens (including phenoxy) is 1. The van der Waals surface area contributed by atoms with Crippen molar-refractivity contribution in [2.75, 3.05) is 6.61 Å². The van der Waals surface area contributed by atoms with E-state index >= 15 is 0 Å². The summed E-state index contributed by atoms with van der Waals surface area (Å²) >= 11 is 0. The number of benzene rings is 2. The molecule has 0 radical (unpaired) electrons. The summed E-state index contributed by atoms with van der Waals surface area (Å²) < 4.78 is 18.2. The van der Waals surface area contributed by atoms with Crippen LogP contribution < -0.4 is 15.4 Å². The van der Waals surface area contributed by atoms with Gasteiger partial charge in [-0.2, -0.15) is 0 Å². The molecule has 1 heterocycles. The van der Waals surface area contributed by atoms with Crippen LogP contribution in [-0.2, 0) is 9.59 Å². The molecule has 2 amide bonds. The normalized spacial score (nSPS) is 19.8. The number of nitrogens with one attached hydrogen (secondary N) is 2. The molecular formula is C19H19FN2O3. The van der Waals surface area contributed by atoms with Crippen molar-refractivity contribution in [1.29, 1.82) is 0 Å². The minimum atomic E-state index is -0.361. The Morgan fingerprint density at radius 3 is 2.60 bits per heavy atom. The Bertz CT molecular complexity index is 734. The minimum Gasteiger partial charge on any atom is -0.484 e. The van der Waals surface area contributed by atoms with E-state index in [1.807, 2.05) is 30.3 Å². The fourth-order valence-corrected chi connectivity index (χ4v) is 2.86. The standard InChI is InChI=1S/C19H19FN2O3/c20-14-6-8-15(9-7-14)25-12-18(24)21-16-10-11-17(23)22-19(16)13-4-2-1-3-5-13/h1-9,16,19H,10-12H2,(H,21,24)(H,22,23)/t16-,19+/m1/s1. The smallest absolute Gasteiger partial charge is 0.258 e. The van der Waals surface area contributed by atoms with Gasteiger partial charge in [-0.15, -0.1) is 0 Å². The van der Waals surface area contributed by atoms with Gasteiger partial charge >= 0.3 is 0 Å². The van der Waals surface area contributed by atoms with Crippen LogP contribution in [0.2, 0.25) is 0 Å². The largest absolute Gasteiger partial charge is 0.484 e. The Balaban J connectivity index is 1.60. The molecule has 0 bridgehead atoms. The van der Waals surface area contributed by atoms with Crippen molar-refractivity contribution in [1.82, 2.24) is 10.6 Å². The van der Waals surface area contributed by atoms with Crippen molar-refractivity contribution < 1.29 is 18.7 Å². The first-order chi connectivity index (χ1) is 12.1. The van der Waals surface area contributed by atoms with E-state index in [0.717, 1.165) is 5.56 Å². The second-order valence-electron chi connectivity index (χ2n) is 5.91. The number of hydrogen-bond donors (Lipinski definition) is 2. The fraction of sp³-hybridized carbons (Fsp3) is 0.263. The highest BCUT2D eigenvalue weighted by molar-refractivity contribution is 5.80. The van der Waals surface area contributed by atoms with Crippen LogP contribution in [0.4, 0.5) is 4.39 Å². The first-order valence-electron chi connectivity index (χ1n) is 8.14.